The van der Waals surface area contributed by atoms with Gasteiger partial charge in [0.15, 0.2) is 0 Å². The van der Waals surface area contributed by atoms with Gasteiger partial charge in [0, 0.05) is 56.9 Å². The van der Waals surface area contributed by atoms with E-state index in [1.165, 1.54) is 5.56 Å². The van der Waals surface area contributed by atoms with E-state index in [-0.39, 0.29) is 11.7 Å². The van der Waals surface area contributed by atoms with Crippen LogP contribution >= 0.6 is 0 Å². The van der Waals surface area contributed by atoms with Crippen LogP contribution in [-0.4, -0.2) is 59.0 Å². The molecular weight excluding hydrogens is 512 g/mol. The highest BCUT2D eigenvalue weighted by Crippen LogP contribution is 2.21. The normalized spacial score (nSPS) is 11.2. The molecule has 0 aliphatic rings. The molecule has 0 saturated heterocycles. The van der Waals surface area contributed by atoms with Crippen molar-refractivity contribution in [2.24, 2.45) is 11.5 Å². The fourth-order valence-electron chi connectivity index (χ4n) is 5.10. The van der Waals surface area contributed by atoms with Gasteiger partial charge in [0.05, 0.1) is 11.0 Å². The molecule has 5 N–H and O–H groups in total. The van der Waals surface area contributed by atoms with Crippen LogP contribution in [0.15, 0.2) is 72.8 Å². The first-order valence-electron chi connectivity index (χ1n) is 14.5. The van der Waals surface area contributed by atoms with E-state index in [0.717, 1.165) is 66.6 Å². The summed E-state index contributed by atoms with van der Waals surface area (Å²) in [6, 6.07) is 24.0. The highest BCUT2D eigenvalue weighted by atomic mass is 16.5. The molecule has 8 nitrogen and oxygen atoms in total. The average Bonchev–Trinajstić information content (AvgIpc) is 3.34. The minimum Gasteiger partial charge on any atom is -0.384 e. The second-order valence-corrected chi connectivity index (χ2v) is 10.2. The molecule has 4 aromatic rings. The van der Waals surface area contributed by atoms with Crippen molar-refractivity contribution in [1.29, 1.82) is 5.41 Å². The maximum absolute atomic E-state index is 13.5. The average molecular weight is 555 g/mol. The Balaban J connectivity index is 1.51. The summed E-state index contributed by atoms with van der Waals surface area (Å²) >= 11 is 0. The molecule has 0 aliphatic heterocycles. The number of fused-ring (bicyclic) bond motifs is 1. The molecular formula is C33H42N6O2. The lowest BCUT2D eigenvalue weighted by molar-refractivity contribution is 0.0758. The Bertz CT molecular complexity index is 1420. The van der Waals surface area contributed by atoms with Crippen LogP contribution in [0.1, 0.15) is 52.6 Å². The highest BCUT2D eigenvalue weighted by Gasteiger charge is 2.18. The highest BCUT2D eigenvalue weighted by molar-refractivity contribution is 5.97. The summed E-state index contributed by atoms with van der Waals surface area (Å²) in [4.78, 5) is 20.4. The van der Waals surface area contributed by atoms with E-state index < -0.39 is 0 Å². The largest absolute Gasteiger partial charge is 0.384 e. The molecule has 0 radical (unpaired) electrons. The molecule has 0 unspecified atom stereocenters. The monoisotopic (exact) mass is 554 g/mol. The van der Waals surface area contributed by atoms with Crippen molar-refractivity contribution in [3.8, 4) is 0 Å². The van der Waals surface area contributed by atoms with E-state index in [1.807, 2.05) is 72.5 Å². The van der Waals surface area contributed by atoms with Crippen LogP contribution in [0.4, 0.5) is 0 Å². The van der Waals surface area contributed by atoms with Crippen molar-refractivity contribution in [1.82, 2.24) is 14.5 Å². The predicted octanol–water partition coefficient (Wildman–Crippen LogP) is 4.57. The summed E-state index contributed by atoms with van der Waals surface area (Å²) < 4.78 is 7.84. The quantitative estimate of drug-likeness (QED) is 0.106. The number of ether oxygens (including phenoxy) is 1. The topological polar surface area (TPSA) is 123 Å². The molecule has 1 amide bonds. The van der Waals surface area contributed by atoms with Gasteiger partial charge in [-0.15, -0.1) is 0 Å². The second-order valence-electron chi connectivity index (χ2n) is 10.2. The molecule has 1 aromatic heterocycles. The van der Waals surface area contributed by atoms with Crippen molar-refractivity contribution >= 4 is 22.8 Å². The number of aromatic nitrogens is 2. The Morgan fingerprint density at radius 3 is 2.37 bits per heavy atom. The number of hydrogen-bond acceptors (Lipinski definition) is 5. The van der Waals surface area contributed by atoms with Crippen LogP contribution in [0.3, 0.4) is 0 Å². The standard InChI is InChI=1S/C33H42N6O2/c1-2-41-23-7-21-39-30-17-16-28(33(40)38(22-19-34)20-6-10-25-8-4-3-5-9-25)24-29(30)37-31(39)18-13-26-11-14-27(15-12-26)32(35)36/h3-5,8-9,11-12,14-17,24H,2,6-7,10,13,18-23,34H2,1H3,(H3,35,36). The van der Waals surface area contributed by atoms with Gasteiger partial charge < -0.3 is 25.7 Å². The van der Waals surface area contributed by atoms with E-state index in [9.17, 15) is 4.79 Å². The van der Waals surface area contributed by atoms with Crippen molar-refractivity contribution in [3.05, 3.63) is 101 Å². The molecule has 4 rings (SSSR count). The van der Waals surface area contributed by atoms with Gasteiger partial charge in [-0.1, -0.05) is 54.6 Å². The van der Waals surface area contributed by atoms with Gasteiger partial charge in [-0.2, -0.15) is 0 Å². The third-order valence-corrected chi connectivity index (χ3v) is 7.27. The number of nitrogens with one attached hydrogen (secondary N) is 1. The number of hydrogen-bond donors (Lipinski definition) is 3. The van der Waals surface area contributed by atoms with Gasteiger partial charge in [-0.3, -0.25) is 10.2 Å². The summed E-state index contributed by atoms with van der Waals surface area (Å²) in [7, 11) is 0. The van der Waals surface area contributed by atoms with E-state index in [2.05, 4.69) is 16.7 Å². The Morgan fingerprint density at radius 2 is 1.66 bits per heavy atom. The van der Waals surface area contributed by atoms with Crippen molar-refractivity contribution in [3.63, 3.8) is 0 Å². The smallest absolute Gasteiger partial charge is 0.253 e. The SMILES string of the molecule is CCOCCCn1c(CCc2ccc(C(=N)N)cc2)nc2cc(C(=O)N(CCN)CCCc3ccccc3)ccc21. The molecule has 3 aromatic carbocycles. The number of nitrogen functional groups attached to an aromatic ring is 1. The van der Waals surface area contributed by atoms with Crippen LogP contribution in [0.25, 0.3) is 11.0 Å². The molecule has 0 aliphatic carbocycles. The second kappa shape index (κ2) is 15.1. The van der Waals surface area contributed by atoms with Crippen LogP contribution in [0.2, 0.25) is 0 Å². The zero-order valence-corrected chi connectivity index (χ0v) is 24.0. The first kappa shape index (κ1) is 30.0. The number of amidine groups is 1. The summed E-state index contributed by atoms with van der Waals surface area (Å²) in [5.41, 5.74) is 17.1. The number of carbonyl (C=O) groups is 1. The van der Waals surface area contributed by atoms with Crippen LogP contribution in [0.5, 0.6) is 0 Å². The van der Waals surface area contributed by atoms with Gasteiger partial charge in [-0.05, 0) is 61.9 Å². The fourth-order valence-corrected chi connectivity index (χ4v) is 5.10. The van der Waals surface area contributed by atoms with Crippen LogP contribution < -0.4 is 11.5 Å². The Morgan fingerprint density at radius 1 is 0.927 bits per heavy atom. The summed E-state index contributed by atoms with van der Waals surface area (Å²) in [5, 5.41) is 7.61. The van der Waals surface area contributed by atoms with Crippen LogP contribution in [0, 0.1) is 5.41 Å². The van der Waals surface area contributed by atoms with Crippen molar-refractivity contribution in [2.45, 2.75) is 45.6 Å². The van der Waals surface area contributed by atoms with Crippen molar-refractivity contribution in [2.75, 3.05) is 32.8 Å². The number of carbonyl (C=O) groups excluding carboxylic acids is 1. The molecule has 0 saturated carbocycles. The predicted molar refractivity (Wildman–Crippen MR) is 165 cm³/mol. The molecule has 0 atom stereocenters. The molecule has 216 valence electrons. The Kier molecular flexibility index (Phi) is 11.0. The lowest BCUT2D eigenvalue weighted by atomic mass is 10.1. The van der Waals surface area contributed by atoms with E-state index in [0.29, 0.717) is 38.4 Å². The van der Waals surface area contributed by atoms with Gasteiger partial charge >= 0.3 is 0 Å². The molecule has 0 fully saturated rings. The molecule has 8 heteroatoms. The number of nitrogens with zero attached hydrogens (tertiary/aromatic N) is 3. The first-order chi connectivity index (χ1) is 20.0. The van der Waals surface area contributed by atoms with E-state index in [1.54, 1.807) is 0 Å². The first-order valence-corrected chi connectivity index (χ1v) is 14.5. The zero-order chi connectivity index (χ0) is 29.0. The number of amides is 1. The third-order valence-electron chi connectivity index (χ3n) is 7.27. The van der Waals surface area contributed by atoms with E-state index in [4.69, 9.17) is 26.6 Å². The number of benzene rings is 3. The van der Waals surface area contributed by atoms with Gasteiger partial charge in [0.1, 0.15) is 11.7 Å². The Hall–Kier alpha value is -4.01. The number of aryl methyl sites for hydroxylation is 4. The summed E-state index contributed by atoms with van der Waals surface area (Å²) in [5.74, 6) is 1.04. The summed E-state index contributed by atoms with van der Waals surface area (Å²) in [6.07, 6.45) is 4.24. The molecule has 1 heterocycles. The lowest BCUT2D eigenvalue weighted by Gasteiger charge is -2.22. The number of rotatable bonds is 16. The third kappa shape index (κ3) is 8.25. The van der Waals surface area contributed by atoms with Crippen LogP contribution in [-0.2, 0) is 30.5 Å². The number of imidazole rings is 1. The maximum atomic E-state index is 13.5. The van der Waals surface area contributed by atoms with Crippen molar-refractivity contribution < 1.29 is 9.53 Å². The maximum Gasteiger partial charge on any atom is 0.253 e. The molecule has 41 heavy (non-hydrogen) atoms. The van der Waals surface area contributed by atoms with Gasteiger partial charge in [0.25, 0.3) is 5.91 Å². The van der Waals surface area contributed by atoms with E-state index >= 15 is 0 Å². The zero-order valence-electron chi connectivity index (χ0n) is 24.0. The fraction of sp³-hybridized carbons (Fsp3) is 0.364. The molecule has 0 bridgehead atoms. The Labute approximate surface area is 242 Å². The number of nitrogens with two attached hydrogens (primary N) is 2. The minimum atomic E-state index is -0.0107. The summed E-state index contributed by atoms with van der Waals surface area (Å²) in [6.45, 7) is 5.78. The van der Waals surface area contributed by atoms with Gasteiger partial charge in [0.2, 0.25) is 0 Å². The van der Waals surface area contributed by atoms with Gasteiger partial charge in [-0.25, -0.2) is 4.98 Å². The molecule has 0 spiro atoms. The lowest BCUT2D eigenvalue weighted by Crippen LogP contribution is -2.36. The minimum absolute atomic E-state index is 0.0107.